The van der Waals surface area contributed by atoms with Gasteiger partial charge in [0.1, 0.15) is 5.75 Å². The molecule has 126 valence electrons. The van der Waals surface area contributed by atoms with Crippen LogP contribution >= 0.6 is 0 Å². The van der Waals surface area contributed by atoms with Crippen LogP contribution in [-0.2, 0) is 4.74 Å². The zero-order valence-electron chi connectivity index (χ0n) is 13.8. The molecule has 2 saturated heterocycles. The van der Waals surface area contributed by atoms with Crippen molar-refractivity contribution in [2.75, 3.05) is 32.8 Å². The van der Waals surface area contributed by atoms with Crippen LogP contribution in [0.5, 0.6) is 5.75 Å². The molecule has 1 amide bonds. The van der Waals surface area contributed by atoms with E-state index in [1.807, 2.05) is 18.2 Å². The van der Waals surface area contributed by atoms with Crippen molar-refractivity contribution >= 4 is 5.91 Å². The number of amides is 1. The van der Waals surface area contributed by atoms with Crippen molar-refractivity contribution in [1.29, 1.82) is 0 Å². The quantitative estimate of drug-likeness (QED) is 0.872. The molecule has 1 aromatic rings. The third-order valence-corrected chi connectivity index (χ3v) is 4.52. The van der Waals surface area contributed by atoms with E-state index in [0.717, 1.165) is 31.9 Å². The summed E-state index contributed by atoms with van der Waals surface area (Å²) in [4.78, 5) is 14.8. The number of carbonyl (C=O) groups excluding carboxylic acids is 1. The van der Waals surface area contributed by atoms with Crippen LogP contribution in [0.4, 0.5) is 0 Å². The van der Waals surface area contributed by atoms with Gasteiger partial charge in [-0.05, 0) is 44.0 Å². The van der Waals surface area contributed by atoms with Gasteiger partial charge in [-0.15, -0.1) is 0 Å². The molecule has 2 aliphatic heterocycles. The van der Waals surface area contributed by atoms with Gasteiger partial charge in [-0.25, -0.2) is 0 Å². The summed E-state index contributed by atoms with van der Waals surface area (Å²) in [6, 6.07) is 7.93. The summed E-state index contributed by atoms with van der Waals surface area (Å²) in [5.41, 5.74) is 0.633. The Morgan fingerprint density at radius 2 is 2.39 bits per heavy atom. The number of rotatable bonds is 6. The molecule has 0 bridgehead atoms. The highest BCUT2D eigenvalue weighted by Crippen LogP contribution is 2.22. The highest BCUT2D eigenvalue weighted by molar-refractivity contribution is 5.94. The Kier molecular flexibility index (Phi) is 5.51. The van der Waals surface area contributed by atoms with Crippen LogP contribution in [0.1, 0.15) is 36.5 Å². The standard InChI is InChI=1S/C18H26N2O3/c1-2-9-22-16-7-3-5-14(10-16)18(21)19-11-17-12-20-8-4-6-15(20)13-23-17/h3,5,7,10,15,17H,2,4,6,8-9,11-13H2,1H3,(H,19,21)/t15-,17+/m1/s1. The van der Waals surface area contributed by atoms with Gasteiger partial charge in [-0.1, -0.05) is 13.0 Å². The smallest absolute Gasteiger partial charge is 0.251 e. The molecule has 2 atom stereocenters. The van der Waals surface area contributed by atoms with Crippen molar-refractivity contribution in [2.45, 2.75) is 38.3 Å². The second-order valence-electron chi connectivity index (χ2n) is 6.33. The zero-order chi connectivity index (χ0) is 16.1. The second-order valence-corrected chi connectivity index (χ2v) is 6.33. The molecule has 1 aromatic carbocycles. The summed E-state index contributed by atoms with van der Waals surface area (Å²) in [5.74, 6) is 0.674. The van der Waals surface area contributed by atoms with Crippen molar-refractivity contribution in [3.8, 4) is 5.75 Å². The number of morpholine rings is 1. The number of nitrogens with one attached hydrogen (secondary N) is 1. The van der Waals surface area contributed by atoms with Crippen LogP contribution in [0.25, 0.3) is 0 Å². The highest BCUT2D eigenvalue weighted by atomic mass is 16.5. The lowest BCUT2D eigenvalue weighted by atomic mass is 10.1. The van der Waals surface area contributed by atoms with Crippen molar-refractivity contribution in [2.24, 2.45) is 0 Å². The molecular formula is C18H26N2O3. The fourth-order valence-electron chi connectivity index (χ4n) is 3.26. The Balaban J connectivity index is 1.49. The molecule has 23 heavy (non-hydrogen) atoms. The molecule has 0 aliphatic carbocycles. The topological polar surface area (TPSA) is 50.8 Å². The number of carbonyl (C=O) groups is 1. The molecular weight excluding hydrogens is 292 g/mol. The third kappa shape index (κ3) is 4.24. The maximum Gasteiger partial charge on any atom is 0.251 e. The number of hydrogen-bond acceptors (Lipinski definition) is 4. The molecule has 1 N–H and O–H groups in total. The van der Waals surface area contributed by atoms with Crippen LogP contribution < -0.4 is 10.1 Å². The largest absolute Gasteiger partial charge is 0.494 e. The van der Waals surface area contributed by atoms with Gasteiger partial charge in [-0.2, -0.15) is 0 Å². The van der Waals surface area contributed by atoms with E-state index >= 15 is 0 Å². The Labute approximate surface area is 137 Å². The van der Waals surface area contributed by atoms with E-state index in [-0.39, 0.29) is 12.0 Å². The Bertz CT molecular complexity index is 535. The lowest BCUT2D eigenvalue weighted by Gasteiger charge is -2.35. The number of nitrogens with zero attached hydrogens (tertiary/aromatic N) is 1. The Morgan fingerprint density at radius 3 is 3.26 bits per heavy atom. The fraction of sp³-hybridized carbons (Fsp3) is 0.611. The van der Waals surface area contributed by atoms with Gasteiger partial charge < -0.3 is 14.8 Å². The first kappa shape index (κ1) is 16.3. The maximum absolute atomic E-state index is 12.3. The van der Waals surface area contributed by atoms with Gasteiger partial charge in [0.2, 0.25) is 0 Å². The molecule has 0 unspecified atom stereocenters. The second kappa shape index (κ2) is 7.79. The summed E-state index contributed by atoms with van der Waals surface area (Å²) >= 11 is 0. The summed E-state index contributed by atoms with van der Waals surface area (Å²) in [5, 5.41) is 2.99. The summed E-state index contributed by atoms with van der Waals surface area (Å²) in [6.07, 6.45) is 3.54. The van der Waals surface area contributed by atoms with E-state index in [4.69, 9.17) is 9.47 Å². The minimum Gasteiger partial charge on any atom is -0.494 e. The van der Waals surface area contributed by atoms with E-state index in [1.165, 1.54) is 12.8 Å². The first-order chi connectivity index (χ1) is 11.3. The van der Waals surface area contributed by atoms with Crippen molar-refractivity contribution in [3.63, 3.8) is 0 Å². The lowest BCUT2D eigenvalue weighted by Crippen LogP contribution is -2.50. The van der Waals surface area contributed by atoms with Gasteiger partial charge in [-0.3, -0.25) is 9.69 Å². The molecule has 5 heteroatoms. The Morgan fingerprint density at radius 1 is 1.48 bits per heavy atom. The van der Waals surface area contributed by atoms with E-state index in [9.17, 15) is 4.79 Å². The van der Waals surface area contributed by atoms with E-state index in [1.54, 1.807) is 6.07 Å². The maximum atomic E-state index is 12.3. The molecule has 2 heterocycles. The van der Waals surface area contributed by atoms with Crippen LogP contribution in [0.2, 0.25) is 0 Å². The van der Waals surface area contributed by atoms with Gasteiger partial charge >= 0.3 is 0 Å². The van der Waals surface area contributed by atoms with Gasteiger partial charge in [0.05, 0.1) is 19.3 Å². The SMILES string of the molecule is CCCOc1cccc(C(=O)NC[C@H]2CN3CCC[C@@H]3CO2)c1. The predicted octanol–water partition coefficient (Wildman–Crippen LogP) is 2.07. The first-order valence-electron chi connectivity index (χ1n) is 8.63. The van der Waals surface area contributed by atoms with Crippen molar-refractivity contribution in [1.82, 2.24) is 10.2 Å². The molecule has 5 nitrogen and oxygen atoms in total. The van der Waals surface area contributed by atoms with Crippen molar-refractivity contribution < 1.29 is 14.3 Å². The lowest BCUT2D eigenvalue weighted by molar-refractivity contribution is -0.0461. The molecule has 2 aliphatic rings. The minimum atomic E-state index is -0.0703. The molecule has 0 aromatic heterocycles. The number of ether oxygens (including phenoxy) is 2. The molecule has 0 spiro atoms. The van der Waals surface area contributed by atoms with Crippen molar-refractivity contribution in [3.05, 3.63) is 29.8 Å². The fourth-order valence-corrected chi connectivity index (χ4v) is 3.26. The van der Waals surface area contributed by atoms with Gasteiger partial charge in [0, 0.05) is 24.7 Å². The average Bonchev–Trinajstić information content (AvgIpc) is 3.05. The average molecular weight is 318 g/mol. The van der Waals surface area contributed by atoms with E-state index in [0.29, 0.717) is 24.8 Å². The monoisotopic (exact) mass is 318 g/mol. The molecule has 3 rings (SSSR count). The summed E-state index contributed by atoms with van der Waals surface area (Å²) in [7, 11) is 0. The Hall–Kier alpha value is -1.59. The summed E-state index contributed by atoms with van der Waals surface area (Å²) in [6.45, 7) is 6.16. The molecule has 0 radical (unpaired) electrons. The highest BCUT2D eigenvalue weighted by Gasteiger charge is 2.32. The van der Waals surface area contributed by atoms with Gasteiger partial charge in [0.15, 0.2) is 0 Å². The summed E-state index contributed by atoms with van der Waals surface area (Å²) < 4.78 is 11.5. The minimum absolute atomic E-state index is 0.0703. The van der Waals surface area contributed by atoms with E-state index < -0.39 is 0 Å². The van der Waals surface area contributed by atoms with Crippen LogP contribution in [0.3, 0.4) is 0 Å². The number of hydrogen-bond donors (Lipinski definition) is 1. The molecule has 2 fully saturated rings. The van der Waals surface area contributed by atoms with Crippen LogP contribution in [0, 0.1) is 0 Å². The third-order valence-electron chi connectivity index (χ3n) is 4.52. The first-order valence-corrected chi connectivity index (χ1v) is 8.63. The predicted molar refractivity (Wildman–Crippen MR) is 88.9 cm³/mol. The van der Waals surface area contributed by atoms with Crippen LogP contribution in [0.15, 0.2) is 24.3 Å². The number of benzene rings is 1. The zero-order valence-corrected chi connectivity index (χ0v) is 13.8. The molecule has 0 saturated carbocycles. The normalized spacial score (nSPS) is 24.2. The van der Waals surface area contributed by atoms with Gasteiger partial charge in [0.25, 0.3) is 5.91 Å². The van der Waals surface area contributed by atoms with E-state index in [2.05, 4.69) is 17.1 Å². The van der Waals surface area contributed by atoms with Crippen LogP contribution in [-0.4, -0.2) is 55.8 Å². The number of fused-ring (bicyclic) bond motifs is 1.